The van der Waals surface area contributed by atoms with Gasteiger partial charge in [-0.15, -0.1) is 11.3 Å². The Balaban J connectivity index is 1.19. The first-order chi connectivity index (χ1) is 30.3. The molecule has 4 unspecified atom stereocenters. The first-order valence-electron chi connectivity index (χ1n) is 22.1. The molecule has 63 heavy (non-hydrogen) atoms. The highest BCUT2D eigenvalue weighted by Gasteiger charge is 2.62. The van der Waals surface area contributed by atoms with Crippen molar-refractivity contribution in [2.75, 3.05) is 20.6 Å². The number of thiophene rings is 1. The monoisotopic (exact) mass is 900 g/mol. The number of carbonyl (C=O) groups excluding carboxylic acids is 4. The standard InChI is InChI=1S/C45H56N8O8S2/c1-28-25-37(61-50-28)41(55)47-33-18-9-6-4-5-8-15-29-27-45(29,44(57)51-63(58,59)30-21-22-30)49-40(54)35-26-36(34(53(35)43(33)56)19-10-7-13-23-52(2)3)60-42-39(38-20-14-24-62-38)46-31-16-11-12-17-32(31)48-42/h8,11-12,14-17,20,24-25,29-30,33-36H,4-7,9-10,13,18-19,21-23,26-27H2,1-3H3,(H,47,55)(H,49,54)(H,51,57)/b15-8-/t29?,33?,34-,35?,36+,45?/m0/s1. The number of para-hydroxylation sites is 2. The molecule has 3 N–H and O–H groups in total. The summed E-state index contributed by atoms with van der Waals surface area (Å²) in [6, 6.07) is 9.96. The van der Waals surface area contributed by atoms with Gasteiger partial charge in [-0.2, -0.15) is 0 Å². The zero-order valence-electron chi connectivity index (χ0n) is 36.0. The summed E-state index contributed by atoms with van der Waals surface area (Å²) in [6.45, 7) is 2.57. The number of carbonyl (C=O) groups is 4. The third kappa shape index (κ3) is 10.1. The van der Waals surface area contributed by atoms with Gasteiger partial charge in [0.25, 0.3) is 11.8 Å². The summed E-state index contributed by atoms with van der Waals surface area (Å²) >= 11 is 1.49. The molecular weight excluding hydrogens is 845 g/mol. The number of rotatable bonds is 14. The lowest BCUT2D eigenvalue weighted by Crippen LogP contribution is -2.59. The number of amides is 4. The first-order valence-corrected chi connectivity index (χ1v) is 24.5. The Morgan fingerprint density at radius 3 is 2.54 bits per heavy atom. The fourth-order valence-electron chi connectivity index (χ4n) is 8.80. The quantitative estimate of drug-likeness (QED) is 0.109. The molecule has 1 aromatic carbocycles. The zero-order chi connectivity index (χ0) is 44.3. The lowest BCUT2D eigenvalue weighted by Gasteiger charge is -2.34. The lowest BCUT2D eigenvalue weighted by atomic mass is 10.0. The number of nitrogens with zero attached hydrogens (tertiary/aromatic N) is 5. The molecule has 4 amide bonds. The molecule has 18 heteroatoms. The van der Waals surface area contributed by atoms with Crippen LogP contribution in [-0.4, -0.2) is 113 Å². The highest BCUT2D eigenvalue weighted by Crippen LogP contribution is 2.46. The number of nitrogens with one attached hydrogen (secondary N) is 3. The number of sulfonamides is 1. The van der Waals surface area contributed by atoms with Crippen LogP contribution in [0.4, 0.5) is 0 Å². The molecule has 16 nitrogen and oxygen atoms in total. The highest BCUT2D eigenvalue weighted by atomic mass is 32.2. The lowest BCUT2D eigenvalue weighted by molar-refractivity contribution is -0.143. The molecule has 4 aromatic rings. The van der Waals surface area contributed by atoms with Crippen molar-refractivity contribution in [3.05, 3.63) is 71.5 Å². The van der Waals surface area contributed by atoms with Gasteiger partial charge in [0.05, 0.1) is 32.9 Å². The molecule has 0 radical (unpaired) electrons. The highest BCUT2D eigenvalue weighted by molar-refractivity contribution is 7.91. The third-order valence-corrected chi connectivity index (χ3v) is 15.1. The van der Waals surface area contributed by atoms with Crippen molar-refractivity contribution in [3.8, 4) is 16.5 Å². The maximum Gasteiger partial charge on any atom is 0.290 e. The van der Waals surface area contributed by atoms with Crippen molar-refractivity contribution in [1.82, 2.24) is 40.3 Å². The van der Waals surface area contributed by atoms with Crippen LogP contribution in [0.2, 0.25) is 0 Å². The molecule has 2 aliphatic heterocycles. The number of hydrogen-bond acceptors (Lipinski definition) is 13. The maximum absolute atomic E-state index is 15.4. The summed E-state index contributed by atoms with van der Waals surface area (Å²) < 4.78 is 40.7. The zero-order valence-corrected chi connectivity index (χ0v) is 37.6. The SMILES string of the molecule is Cc1cc(C(=O)NC2CCCCC/C=C\C3CC3(C(=O)NS(=O)(=O)C3CC3)NC(=O)C3C[C@@H](Oc4nc5ccccc5nc4-c4cccs4)[C@H](CCCCCN(C)C)N3C2=O)on1. The van der Waals surface area contributed by atoms with E-state index < -0.39 is 74.6 Å². The van der Waals surface area contributed by atoms with Crippen LogP contribution in [0.25, 0.3) is 21.6 Å². The largest absolute Gasteiger partial charge is 0.470 e. The van der Waals surface area contributed by atoms with Gasteiger partial charge in [0, 0.05) is 18.4 Å². The van der Waals surface area contributed by atoms with Gasteiger partial charge in [0.1, 0.15) is 29.4 Å². The van der Waals surface area contributed by atoms with Gasteiger partial charge in [-0.3, -0.25) is 23.9 Å². The van der Waals surface area contributed by atoms with Crippen LogP contribution < -0.4 is 20.1 Å². The molecule has 6 atom stereocenters. The molecule has 2 saturated carbocycles. The smallest absolute Gasteiger partial charge is 0.290 e. The van der Waals surface area contributed by atoms with E-state index in [9.17, 15) is 18.0 Å². The van der Waals surface area contributed by atoms with E-state index in [2.05, 4.69) is 25.4 Å². The Morgan fingerprint density at radius 1 is 1.03 bits per heavy atom. The first kappa shape index (κ1) is 44.4. The van der Waals surface area contributed by atoms with Crippen molar-refractivity contribution in [2.45, 2.75) is 125 Å². The normalized spacial score (nSPS) is 26.0. The van der Waals surface area contributed by atoms with Crippen LogP contribution >= 0.6 is 11.3 Å². The summed E-state index contributed by atoms with van der Waals surface area (Å²) in [5.74, 6) is -2.72. The fraction of sp³-hybridized carbons (Fsp3) is 0.533. The van der Waals surface area contributed by atoms with Crippen LogP contribution in [0.15, 0.2) is 64.5 Å². The molecule has 3 fully saturated rings. The molecule has 336 valence electrons. The second kappa shape index (κ2) is 18.9. The molecule has 5 heterocycles. The molecule has 0 bridgehead atoms. The minimum atomic E-state index is -3.94. The van der Waals surface area contributed by atoms with E-state index in [1.165, 1.54) is 17.4 Å². The van der Waals surface area contributed by atoms with Gasteiger partial charge in [-0.25, -0.2) is 18.4 Å². The van der Waals surface area contributed by atoms with Crippen LogP contribution in [-0.2, 0) is 24.4 Å². The second-order valence-electron chi connectivity index (χ2n) is 17.6. The number of ether oxygens (including phenoxy) is 1. The van der Waals surface area contributed by atoms with E-state index in [4.69, 9.17) is 19.2 Å². The Kier molecular flexibility index (Phi) is 13.3. The topological polar surface area (TPSA) is 206 Å². The average Bonchev–Trinajstić information content (AvgIpc) is 4.05. The summed E-state index contributed by atoms with van der Waals surface area (Å²) in [4.78, 5) is 72.6. The minimum Gasteiger partial charge on any atom is -0.470 e. The Morgan fingerprint density at radius 2 is 1.83 bits per heavy atom. The van der Waals surface area contributed by atoms with E-state index in [1.54, 1.807) is 11.8 Å². The minimum absolute atomic E-state index is 0.0267. The van der Waals surface area contributed by atoms with Gasteiger partial charge in [0.15, 0.2) is 0 Å². The van der Waals surface area contributed by atoms with Crippen LogP contribution in [0.5, 0.6) is 5.88 Å². The number of aryl methyl sites for hydroxylation is 1. The summed E-state index contributed by atoms with van der Waals surface area (Å²) in [7, 11) is 0.101. The predicted molar refractivity (Wildman–Crippen MR) is 237 cm³/mol. The molecule has 2 aliphatic carbocycles. The second-order valence-corrected chi connectivity index (χ2v) is 20.5. The molecular formula is C45H56N8O8S2. The molecule has 0 spiro atoms. The number of aromatic nitrogens is 3. The van der Waals surface area contributed by atoms with E-state index in [-0.39, 0.29) is 24.5 Å². The van der Waals surface area contributed by atoms with Crippen LogP contribution in [0.3, 0.4) is 0 Å². The molecule has 4 aliphatic rings. The maximum atomic E-state index is 15.4. The predicted octanol–water partition coefficient (Wildman–Crippen LogP) is 5.30. The van der Waals surface area contributed by atoms with Gasteiger partial charge in [-0.1, -0.05) is 61.2 Å². The van der Waals surface area contributed by atoms with Crippen molar-refractivity contribution >= 4 is 56.0 Å². The molecule has 3 aromatic heterocycles. The van der Waals surface area contributed by atoms with E-state index in [0.717, 1.165) is 37.1 Å². The van der Waals surface area contributed by atoms with Crippen LogP contribution in [0.1, 0.15) is 99.7 Å². The van der Waals surface area contributed by atoms with E-state index in [1.807, 2.05) is 68.0 Å². The van der Waals surface area contributed by atoms with Crippen molar-refractivity contribution in [2.24, 2.45) is 5.92 Å². The fourth-order valence-corrected chi connectivity index (χ4v) is 10.9. The summed E-state index contributed by atoms with van der Waals surface area (Å²) in [5, 5.41) is 11.1. The van der Waals surface area contributed by atoms with E-state index in [0.29, 0.717) is 67.4 Å². The molecule has 8 rings (SSSR count). The van der Waals surface area contributed by atoms with Gasteiger partial charge in [0.2, 0.25) is 33.5 Å². The van der Waals surface area contributed by atoms with Gasteiger partial charge < -0.3 is 29.7 Å². The average molecular weight is 901 g/mol. The summed E-state index contributed by atoms with van der Waals surface area (Å²) in [5.41, 5.74) is 0.787. The summed E-state index contributed by atoms with van der Waals surface area (Å²) in [6.07, 6.45) is 10.2. The third-order valence-electron chi connectivity index (χ3n) is 12.4. The molecule has 1 saturated heterocycles. The van der Waals surface area contributed by atoms with Crippen molar-refractivity contribution in [3.63, 3.8) is 0 Å². The van der Waals surface area contributed by atoms with Crippen LogP contribution in [0, 0.1) is 12.8 Å². The Hall–Kier alpha value is -5.20. The number of benzene rings is 1. The number of fused-ring (bicyclic) bond motifs is 3. The number of allylic oxidation sites excluding steroid dienone is 1. The van der Waals surface area contributed by atoms with Gasteiger partial charge >= 0.3 is 0 Å². The van der Waals surface area contributed by atoms with Gasteiger partial charge in [-0.05, 0) is 103 Å². The van der Waals surface area contributed by atoms with E-state index >= 15 is 9.59 Å². The number of hydrogen-bond donors (Lipinski definition) is 3. The Bertz CT molecular complexity index is 2450. The van der Waals surface area contributed by atoms with Crippen molar-refractivity contribution < 1.29 is 36.9 Å². The van der Waals surface area contributed by atoms with Crippen molar-refractivity contribution in [1.29, 1.82) is 0 Å². The Labute approximate surface area is 371 Å². The number of unbranched alkanes of at least 4 members (excludes halogenated alkanes) is 2.